The highest BCUT2D eigenvalue weighted by molar-refractivity contribution is 8.13. The predicted molar refractivity (Wildman–Crippen MR) is 138 cm³/mol. The molecule has 0 saturated heterocycles. The predicted octanol–water partition coefficient (Wildman–Crippen LogP) is 7.05. The van der Waals surface area contributed by atoms with Gasteiger partial charge in [-0.05, 0) is 104 Å². The van der Waals surface area contributed by atoms with E-state index >= 15 is 0 Å². The van der Waals surface area contributed by atoms with E-state index in [9.17, 15) is 0 Å². The Morgan fingerprint density at radius 1 is 0.906 bits per heavy atom. The van der Waals surface area contributed by atoms with E-state index in [-0.39, 0.29) is 12.1 Å². The van der Waals surface area contributed by atoms with Crippen LogP contribution in [0.25, 0.3) is 0 Å². The standard InChI is InChI=1S/C29H34N2S/c1-17-18(2)20(4)26(21(5)19(17)3)16-32-29-30-27(22-10-7-6-8-11-22)28(31-29)24-13-9-12-23-14-25(23)15-24/h6-12,15,23,25,27-28H,13-14,16H2,1-5H3,(H,30,31)/t23?,25?,27-,28+/m1/s1. The van der Waals surface area contributed by atoms with E-state index < -0.39 is 0 Å². The molecule has 32 heavy (non-hydrogen) atoms. The van der Waals surface area contributed by atoms with Gasteiger partial charge in [-0.25, -0.2) is 0 Å². The molecule has 0 radical (unpaired) electrons. The van der Waals surface area contributed by atoms with Crippen LogP contribution in [0.5, 0.6) is 0 Å². The third-order valence-electron chi connectivity index (χ3n) is 7.96. The second kappa shape index (κ2) is 8.59. The molecule has 0 spiro atoms. The summed E-state index contributed by atoms with van der Waals surface area (Å²) in [7, 11) is 0. The Kier molecular flexibility index (Phi) is 5.79. The lowest BCUT2D eigenvalue weighted by molar-refractivity contribution is 0.599. The quantitative estimate of drug-likeness (QED) is 0.513. The van der Waals surface area contributed by atoms with Gasteiger partial charge in [-0.2, -0.15) is 0 Å². The molecule has 4 atom stereocenters. The van der Waals surface area contributed by atoms with E-state index in [4.69, 9.17) is 4.99 Å². The lowest BCUT2D eigenvalue weighted by Gasteiger charge is -2.22. The summed E-state index contributed by atoms with van der Waals surface area (Å²) in [6.07, 6.45) is 9.70. The summed E-state index contributed by atoms with van der Waals surface area (Å²) in [6.45, 7) is 11.3. The number of allylic oxidation sites excluding steroid dienone is 3. The first-order valence-electron chi connectivity index (χ1n) is 11.9. The monoisotopic (exact) mass is 442 g/mol. The van der Waals surface area contributed by atoms with Crippen molar-refractivity contribution in [2.75, 3.05) is 0 Å². The van der Waals surface area contributed by atoms with Gasteiger partial charge in [-0.15, -0.1) is 0 Å². The van der Waals surface area contributed by atoms with Crippen molar-refractivity contribution in [1.82, 2.24) is 5.32 Å². The van der Waals surface area contributed by atoms with Gasteiger partial charge in [-0.1, -0.05) is 60.3 Å². The molecule has 166 valence electrons. The van der Waals surface area contributed by atoms with Gasteiger partial charge in [0, 0.05) is 5.75 Å². The molecule has 2 aliphatic carbocycles. The number of nitrogens with one attached hydrogen (secondary N) is 1. The number of aliphatic imine (C=N–C) groups is 1. The van der Waals surface area contributed by atoms with E-state index in [1.54, 1.807) is 0 Å². The first kappa shape index (κ1) is 21.6. The summed E-state index contributed by atoms with van der Waals surface area (Å²) < 4.78 is 0. The van der Waals surface area contributed by atoms with Crippen LogP contribution >= 0.6 is 11.8 Å². The van der Waals surface area contributed by atoms with Gasteiger partial charge < -0.3 is 5.32 Å². The zero-order valence-electron chi connectivity index (χ0n) is 19.9. The Labute approximate surface area is 197 Å². The van der Waals surface area contributed by atoms with Crippen LogP contribution in [0.3, 0.4) is 0 Å². The minimum Gasteiger partial charge on any atom is -0.356 e. The third kappa shape index (κ3) is 3.96. The first-order chi connectivity index (χ1) is 15.4. The van der Waals surface area contributed by atoms with Crippen molar-refractivity contribution in [3.8, 4) is 0 Å². The average molecular weight is 443 g/mol. The maximum atomic E-state index is 5.22. The van der Waals surface area contributed by atoms with Crippen LogP contribution in [0.2, 0.25) is 0 Å². The van der Waals surface area contributed by atoms with Crippen molar-refractivity contribution < 1.29 is 0 Å². The van der Waals surface area contributed by atoms with Gasteiger partial charge in [-0.3, -0.25) is 4.99 Å². The molecule has 1 fully saturated rings. The molecule has 1 saturated carbocycles. The maximum absolute atomic E-state index is 5.22. The molecule has 1 aliphatic heterocycles. The fourth-order valence-electron chi connectivity index (χ4n) is 5.28. The smallest absolute Gasteiger partial charge is 0.158 e. The number of hydrogen-bond acceptors (Lipinski definition) is 3. The van der Waals surface area contributed by atoms with Gasteiger partial charge in [0.1, 0.15) is 6.04 Å². The lowest BCUT2D eigenvalue weighted by atomic mass is 9.90. The van der Waals surface area contributed by atoms with Crippen molar-refractivity contribution in [1.29, 1.82) is 0 Å². The van der Waals surface area contributed by atoms with Crippen LogP contribution in [0.1, 0.15) is 57.8 Å². The SMILES string of the molecule is Cc1c(C)c(C)c(CSC2=N[C@H](c3ccccc3)[C@H](C3=CC4CC4C=CC3)N2)c(C)c1C. The Balaban J connectivity index is 1.41. The molecule has 2 nitrogen and oxygen atoms in total. The highest BCUT2D eigenvalue weighted by Gasteiger charge is 2.38. The first-order valence-corrected chi connectivity index (χ1v) is 12.9. The fraction of sp³-hybridized carbons (Fsp3) is 0.414. The maximum Gasteiger partial charge on any atom is 0.158 e. The molecule has 1 N–H and O–H groups in total. The second-order valence-corrected chi connectivity index (χ2v) is 10.7. The highest BCUT2D eigenvalue weighted by atomic mass is 32.2. The van der Waals surface area contributed by atoms with Crippen LogP contribution in [-0.4, -0.2) is 11.2 Å². The molecule has 1 heterocycles. The van der Waals surface area contributed by atoms with Crippen molar-refractivity contribution >= 4 is 16.9 Å². The van der Waals surface area contributed by atoms with Gasteiger partial charge >= 0.3 is 0 Å². The number of rotatable bonds is 4. The summed E-state index contributed by atoms with van der Waals surface area (Å²) in [5.41, 5.74) is 11.4. The van der Waals surface area contributed by atoms with Gasteiger partial charge in [0.15, 0.2) is 5.17 Å². The van der Waals surface area contributed by atoms with E-state index in [0.29, 0.717) is 0 Å². The molecule has 0 aromatic heterocycles. The number of amidine groups is 1. The molecule has 3 heteroatoms. The summed E-state index contributed by atoms with van der Waals surface area (Å²) in [5.74, 6) is 2.48. The molecule has 2 aromatic rings. The van der Waals surface area contributed by atoms with Crippen molar-refractivity contribution in [2.45, 2.75) is 65.3 Å². The minimum atomic E-state index is 0.150. The summed E-state index contributed by atoms with van der Waals surface area (Å²) in [6, 6.07) is 11.2. The second-order valence-electron chi connectivity index (χ2n) is 9.74. The van der Waals surface area contributed by atoms with Crippen LogP contribution in [-0.2, 0) is 5.75 Å². The number of benzene rings is 2. The normalized spacial score (nSPS) is 26.2. The number of thioether (sulfide) groups is 1. The van der Waals surface area contributed by atoms with E-state index in [0.717, 1.165) is 29.2 Å². The minimum absolute atomic E-state index is 0.150. The molecule has 5 rings (SSSR count). The Morgan fingerprint density at radius 3 is 2.31 bits per heavy atom. The molecular formula is C29H34N2S. The van der Waals surface area contributed by atoms with Gasteiger partial charge in [0.05, 0.1) is 6.04 Å². The number of nitrogens with zero attached hydrogens (tertiary/aromatic N) is 1. The zero-order chi connectivity index (χ0) is 22.4. The summed E-state index contributed by atoms with van der Waals surface area (Å²) >= 11 is 1.86. The topological polar surface area (TPSA) is 24.4 Å². The largest absolute Gasteiger partial charge is 0.356 e. The summed E-state index contributed by atoms with van der Waals surface area (Å²) in [5, 5.41) is 4.92. The van der Waals surface area contributed by atoms with Crippen LogP contribution < -0.4 is 5.32 Å². The Hall–Kier alpha value is -2.26. The molecular weight excluding hydrogens is 408 g/mol. The fourth-order valence-corrected chi connectivity index (χ4v) is 6.39. The van der Waals surface area contributed by atoms with Crippen molar-refractivity contribution in [2.24, 2.45) is 16.8 Å². The molecule has 3 aliphatic rings. The van der Waals surface area contributed by atoms with Crippen molar-refractivity contribution in [3.05, 3.63) is 93.1 Å². The lowest BCUT2D eigenvalue weighted by Crippen LogP contribution is -2.32. The van der Waals surface area contributed by atoms with E-state index in [2.05, 4.69) is 88.5 Å². The zero-order valence-corrected chi connectivity index (χ0v) is 20.7. The summed E-state index contributed by atoms with van der Waals surface area (Å²) in [4.78, 5) is 5.22. The number of hydrogen-bond donors (Lipinski definition) is 1. The highest BCUT2D eigenvalue weighted by Crippen LogP contribution is 2.45. The molecule has 0 amide bonds. The van der Waals surface area contributed by atoms with Gasteiger partial charge in [0.2, 0.25) is 0 Å². The van der Waals surface area contributed by atoms with Crippen LogP contribution in [0, 0.1) is 46.5 Å². The van der Waals surface area contributed by atoms with Crippen LogP contribution in [0.4, 0.5) is 0 Å². The van der Waals surface area contributed by atoms with Crippen LogP contribution in [0.15, 0.2) is 59.1 Å². The van der Waals surface area contributed by atoms with E-state index in [1.807, 2.05) is 11.8 Å². The molecule has 2 aromatic carbocycles. The number of fused-ring (bicyclic) bond motifs is 1. The Bertz CT molecular complexity index is 1100. The van der Waals surface area contributed by atoms with Crippen molar-refractivity contribution in [3.63, 3.8) is 0 Å². The average Bonchev–Trinajstić information content (AvgIpc) is 3.45. The Morgan fingerprint density at radius 2 is 1.59 bits per heavy atom. The van der Waals surface area contributed by atoms with Gasteiger partial charge in [0.25, 0.3) is 0 Å². The third-order valence-corrected chi connectivity index (χ3v) is 8.89. The van der Waals surface area contributed by atoms with E-state index in [1.165, 1.54) is 50.9 Å². The molecule has 0 bridgehead atoms. The molecule has 2 unspecified atom stereocenters.